The van der Waals surface area contributed by atoms with Gasteiger partial charge >= 0.3 is 0 Å². The molecule has 0 aliphatic rings. The van der Waals surface area contributed by atoms with E-state index >= 15 is 0 Å². The molecule has 0 saturated carbocycles. The monoisotopic (exact) mass is 286 g/mol. The zero-order valence-electron chi connectivity index (χ0n) is 10.1. The molecule has 0 saturated heterocycles. The fourth-order valence-corrected chi connectivity index (χ4v) is 1.79. The molecule has 0 aromatic heterocycles. The molecule has 0 bridgehead atoms. The minimum Gasteiger partial charge on any atom is -0.490 e. The van der Waals surface area contributed by atoms with Crippen LogP contribution in [-0.4, -0.2) is 13.2 Å². The van der Waals surface area contributed by atoms with Crippen LogP contribution in [0.15, 0.2) is 18.2 Å². The minimum absolute atomic E-state index is 0.512. The highest BCUT2D eigenvalue weighted by molar-refractivity contribution is 9.08. The molecule has 0 fully saturated rings. The maximum absolute atomic E-state index is 5.82. The van der Waals surface area contributed by atoms with Crippen LogP contribution >= 0.6 is 15.9 Å². The van der Waals surface area contributed by atoms with Crippen LogP contribution in [0.25, 0.3) is 0 Å². The number of hydrogen-bond acceptors (Lipinski definition) is 2. The second-order valence-electron chi connectivity index (χ2n) is 4.02. The summed E-state index contributed by atoms with van der Waals surface area (Å²) in [4.78, 5) is 0. The number of para-hydroxylation sites is 1. The highest BCUT2D eigenvalue weighted by atomic mass is 79.9. The average Bonchev–Trinajstić information content (AvgIpc) is 2.27. The second kappa shape index (κ2) is 6.79. The molecular formula is C13H19BrO2. The van der Waals surface area contributed by atoms with Gasteiger partial charge in [0.15, 0.2) is 11.5 Å². The van der Waals surface area contributed by atoms with Gasteiger partial charge in [-0.25, -0.2) is 0 Å². The lowest BCUT2D eigenvalue weighted by molar-refractivity contribution is 0.246. The van der Waals surface area contributed by atoms with E-state index in [1.165, 1.54) is 0 Å². The van der Waals surface area contributed by atoms with E-state index in [0.717, 1.165) is 22.4 Å². The summed E-state index contributed by atoms with van der Waals surface area (Å²) in [5.41, 5.74) is 1.13. The molecule has 0 amide bonds. The summed E-state index contributed by atoms with van der Waals surface area (Å²) in [5.74, 6) is 2.22. The van der Waals surface area contributed by atoms with E-state index in [0.29, 0.717) is 19.1 Å². The van der Waals surface area contributed by atoms with Crippen LogP contribution in [0.3, 0.4) is 0 Å². The summed E-state index contributed by atoms with van der Waals surface area (Å²) >= 11 is 3.47. The zero-order valence-corrected chi connectivity index (χ0v) is 11.7. The number of rotatable bonds is 6. The van der Waals surface area contributed by atoms with E-state index in [1.807, 2.05) is 25.1 Å². The molecule has 3 heteroatoms. The molecule has 90 valence electrons. The first-order valence-electron chi connectivity index (χ1n) is 5.62. The fourth-order valence-electron chi connectivity index (χ4n) is 1.35. The molecule has 0 radical (unpaired) electrons. The van der Waals surface area contributed by atoms with Crippen LogP contribution in [0.2, 0.25) is 0 Å². The van der Waals surface area contributed by atoms with Gasteiger partial charge in [0.1, 0.15) is 0 Å². The lowest BCUT2D eigenvalue weighted by atomic mass is 10.2. The molecule has 0 spiro atoms. The van der Waals surface area contributed by atoms with E-state index in [4.69, 9.17) is 9.47 Å². The summed E-state index contributed by atoms with van der Waals surface area (Å²) in [6, 6.07) is 5.99. The maximum atomic E-state index is 5.82. The van der Waals surface area contributed by atoms with E-state index in [-0.39, 0.29) is 0 Å². The summed E-state index contributed by atoms with van der Waals surface area (Å²) in [5, 5.41) is 0.779. The molecule has 0 N–H and O–H groups in total. The Bertz CT molecular complexity index is 324. The lowest BCUT2D eigenvalue weighted by Crippen LogP contribution is -2.07. The molecule has 1 aromatic carbocycles. The van der Waals surface area contributed by atoms with Gasteiger partial charge in [-0.2, -0.15) is 0 Å². The normalized spacial score (nSPS) is 10.6. The van der Waals surface area contributed by atoms with E-state index in [2.05, 4.69) is 29.8 Å². The third-order valence-electron chi connectivity index (χ3n) is 2.07. The van der Waals surface area contributed by atoms with Crippen molar-refractivity contribution in [2.24, 2.45) is 5.92 Å². The average molecular weight is 287 g/mol. The highest BCUT2D eigenvalue weighted by Crippen LogP contribution is 2.33. The topological polar surface area (TPSA) is 18.5 Å². The van der Waals surface area contributed by atoms with Crippen molar-refractivity contribution >= 4 is 15.9 Å². The van der Waals surface area contributed by atoms with Crippen LogP contribution in [-0.2, 0) is 5.33 Å². The van der Waals surface area contributed by atoms with Crippen molar-refractivity contribution in [3.05, 3.63) is 23.8 Å². The van der Waals surface area contributed by atoms with E-state index < -0.39 is 0 Å². The van der Waals surface area contributed by atoms with Gasteiger partial charge in [0.2, 0.25) is 0 Å². The first-order valence-corrected chi connectivity index (χ1v) is 6.74. The van der Waals surface area contributed by atoms with Gasteiger partial charge in [-0.05, 0) is 18.9 Å². The van der Waals surface area contributed by atoms with Crippen molar-refractivity contribution in [1.82, 2.24) is 0 Å². The Kier molecular flexibility index (Phi) is 5.67. The second-order valence-corrected chi connectivity index (χ2v) is 4.58. The van der Waals surface area contributed by atoms with Gasteiger partial charge in [0, 0.05) is 10.9 Å². The van der Waals surface area contributed by atoms with Crippen molar-refractivity contribution in [2.75, 3.05) is 13.2 Å². The van der Waals surface area contributed by atoms with Gasteiger partial charge in [-0.3, -0.25) is 0 Å². The van der Waals surface area contributed by atoms with Gasteiger partial charge in [-0.1, -0.05) is 41.9 Å². The van der Waals surface area contributed by atoms with Crippen LogP contribution in [0.4, 0.5) is 0 Å². The Balaban J connectivity index is 2.90. The predicted molar refractivity (Wildman–Crippen MR) is 70.6 cm³/mol. The standard InChI is InChI=1S/C13H19BrO2/c1-4-15-12-7-5-6-11(8-14)13(12)16-9-10(2)3/h5-7,10H,4,8-9H2,1-3H3. The molecule has 0 aliphatic carbocycles. The highest BCUT2D eigenvalue weighted by Gasteiger charge is 2.10. The van der Waals surface area contributed by atoms with Gasteiger partial charge in [0.25, 0.3) is 0 Å². The van der Waals surface area contributed by atoms with Crippen molar-refractivity contribution in [1.29, 1.82) is 0 Å². The van der Waals surface area contributed by atoms with Crippen molar-refractivity contribution in [3.8, 4) is 11.5 Å². The smallest absolute Gasteiger partial charge is 0.165 e. The first-order chi connectivity index (χ1) is 7.69. The Morgan fingerprint density at radius 2 is 2.00 bits per heavy atom. The Morgan fingerprint density at radius 3 is 2.56 bits per heavy atom. The summed E-state index contributed by atoms with van der Waals surface area (Å²) < 4.78 is 11.4. The van der Waals surface area contributed by atoms with Crippen molar-refractivity contribution < 1.29 is 9.47 Å². The Labute approximate surface area is 106 Å². The van der Waals surface area contributed by atoms with Gasteiger partial charge in [-0.15, -0.1) is 0 Å². The minimum atomic E-state index is 0.512. The quantitative estimate of drug-likeness (QED) is 0.736. The van der Waals surface area contributed by atoms with Crippen LogP contribution in [0, 0.1) is 5.92 Å². The van der Waals surface area contributed by atoms with E-state index in [9.17, 15) is 0 Å². The molecule has 1 aromatic rings. The molecule has 0 unspecified atom stereocenters. The summed E-state index contributed by atoms with van der Waals surface area (Å²) in [6.07, 6.45) is 0. The fraction of sp³-hybridized carbons (Fsp3) is 0.538. The third-order valence-corrected chi connectivity index (χ3v) is 2.67. The molecule has 0 atom stereocenters. The predicted octanol–water partition coefficient (Wildman–Crippen LogP) is 4.02. The number of ether oxygens (including phenoxy) is 2. The summed E-state index contributed by atoms with van der Waals surface area (Å²) in [7, 11) is 0. The Morgan fingerprint density at radius 1 is 1.25 bits per heavy atom. The third kappa shape index (κ3) is 3.71. The largest absolute Gasteiger partial charge is 0.490 e. The van der Waals surface area contributed by atoms with Gasteiger partial charge in [0.05, 0.1) is 13.2 Å². The number of benzene rings is 1. The van der Waals surface area contributed by atoms with Crippen LogP contribution in [0.1, 0.15) is 26.3 Å². The molecular weight excluding hydrogens is 268 g/mol. The summed E-state index contributed by atoms with van der Waals surface area (Å²) in [6.45, 7) is 7.62. The van der Waals surface area contributed by atoms with Crippen LogP contribution in [0.5, 0.6) is 11.5 Å². The first kappa shape index (κ1) is 13.4. The zero-order chi connectivity index (χ0) is 12.0. The number of halogens is 1. The molecule has 1 rings (SSSR count). The molecule has 0 aliphatic heterocycles. The van der Waals surface area contributed by atoms with E-state index in [1.54, 1.807) is 0 Å². The molecule has 0 heterocycles. The molecule has 2 nitrogen and oxygen atoms in total. The van der Waals surface area contributed by atoms with Crippen molar-refractivity contribution in [3.63, 3.8) is 0 Å². The number of hydrogen-bond donors (Lipinski definition) is 0. The molecule has 16 heavy (non-hydrogen) atoms. The number of alkyl halides is 1. The Hall–Kier alpha value is -0.700. The van der Waals surface area contributed by atoms with Crippen molar-refractivity contribution in [2.45, 2.75) is 26.1 Å². The lowest BCUT2D eigenvalue weighted by Gasteiger charge is -2.16. The SMILES string of the molecule is CCOc1cccc(CBr)c1OCC(C)C. The van der Waals surface area contributed by atoms with Gasteiger partial charge < -0.3 is 9.47 Å². The van der Waals surface area contributed by atoms with Crippen LogP contribution < -0.4 is 9.47 Å². The maximum Gasteiger partial charge on any atom is 0.165 e.